The van der Waals surface area contributed by atoms with E-state index < -0.39 is 5.82 Å². The highest BCUT2D eigenvalue weighted by Gasteiger charge is 2.16. The highest BCUT2D eigenvalue weighted by Crippen LogP contribution is 2.26. The molecule has 4 aromatic heterocycles. The van der Waals surface area contributed by atoms with Crippen LogP contribution in [0.2, 0.25) is 0 Å². The lowest BCUT2D eigenvalue weighted by atomic mass is 10.2. The molecule has 0 fully saturated rings. The third-order valence-corrected chi connectivity index (χ3v) is 4.31. The zero-order valence-corrected chi connectivity index (χ0v) is 15.7. The molecule has 0 radical (unpaired) electrons. The average Bonchev–Trinajstić information content (AvgIpc) is 3.26. The number of aryl methyl sites for hydroxylation is 2. The normalized spacial score (nSPS) is 10.9. The molecule has 0 aliphatic carbocycles. The third kappa shape index (κ3) is 3.43. The molecule has 146 valence electrons. The minimum atomic E-state index is -0.594. The van der Waals surface area contributed by atoms with E-state index in [4.69, 9.17) is 0 Å². The lowest BCUT2D eigenvalue weighted by molar-refractivity contribution is -0.111. The molecule has 0 aliphatic rings. The van der Waals surface area contributed by atoms with Gasteiger partial charge in [0.15, 0.2) is 11.6 Å². The molecule has 4 aromatic rings. The first-order valence-corrected chi connectivity index (χ1v) is 8.65. The Morgan fingerprint density at radius 2 is 2.14 bits per heavy atom. The van der Waals surface area contributed by atoms with Crippen LogP contribution >= 0.6 is 0 Å². The summed E-state index contributed by atoms with van der Waals surface area (Å²) in [5, 5.41) is 10.5. The molecule has 4 rings (SSSR count). The molecule has 10 heteroatoms. The van der Waals surface area contributed by atoms with Crippen molar-refractivity contribution in [2.24, 2.45) is 7.05 Å². The van der Waals surface area contributed by atoms with Crippen LogP contribution in [0.25, 0.3) is 16.9 Å². The van der Waals surface area contributed by atoms with Crippen LogP contribution in [0.1, 0.15) is 5.56 Å². The topological polar surface area (TPSA) is 103 Å². The van der Waals surface area contributed by atoms with Gasteiger partial charge in [0.2, 0.25) is 11.9 Å². The Morgan fingerprint density at radius 1 is 1.31 bits per heavy atom. The highest BCUT2D eigenvalue weighted by molar-refractivity contribution is 6.00. The van der Waals surface area contributed by atoms with Crippen molar-refractivity contribution in [3.63, 3.8) is 0 Å². The molecular formula is C19H17FN8O. The van der Waals surface area contributed by atoms with E-state index in [1.54, 1.807) is 40.8 Å². The van der Waals surface area contributed by atoms with Crippen molar-refractivity contribution in [1.29, 1.82) is 0 Å². The molecule has 0 atom stereocenters. The van der Waals surface area contributed by atoms with Crippen LogP contribution in [0.15, 0.2) is 49.6 Å². The number of rotatable bonds is 5. The summed E-state index contributed by atoms with van der Waals surface area (Å²) < 4.78 is 17.7. The minimum Gasteiger partial charge on any atom is -0.321 e. The van der Waals surface area contributed by atoms with Crippen molar-refractivity contribution >= 4 is 34.4 Å². The van der Waals surface area contributed by atoms with Crippen molar-refractivity contribution in [2.75, 3.05) is 10.6 Å². The first kappa shape index (κ1) is 18.3. The SMILES string of the molecule is C=CC(=O)Nc1cnc2c(c1)c(C)cn2-c1nc(Nc2ccnn2C)ncc1F. The Hall–Kier alpha value is -4.08. The minimum absolute atomic E-state index is 0.0538. The zero-order valence-electron chi connectivity index (χ0n) is 15.7. The highest BCUT2D eigenvalue weighted by atomic mass is 19.1. The maximum Gasteiger partial charge on any atom is 0.247 e. The summed E-state index contributed by atoms with van der Waals surface area (Å²) in [7, 11) is 1.77. The smallest absolute Gasteiger partial charge is 0.247 e. The Balaban J connectivity index is 1.76. The standard InChI is InChI=1S/C19H17FN8O/c1-4-16(29)24-12-7-13-11(2)10-28(17(13)21-8-12)18-14(20)9-22-19(26-18)25-15-5-6-23-27(15)3/h4-10H,1H2,2-3H3,(H,24,29)(H,22,25,26). The summed E-state index contributed by atoms with van der Waals surface area (Å²) in [5.41, 5.74) is 1.87. The molecule has 0 bridgehead atoms. The van der Waals surface area contributed by atoms with E-state index in [0.717, 1.165) is 17.1 Å². The molecule has 4 heterocycles. The quantitative estimate of drug-likeness (QED) is 0.506. The predicted molar refractivity (Wildman–Crippen MR) is 107 cm³/mol. The number of anilines is 3. The largest absolute Gasteiger partial charge is 0.321 e. The number of nitrogens with one attached hydrogen (secondary N) is 2. The summed E-state index contributed by atoms with van der Waals surface area (Å²) >= 11 is 0. The van der Waals surface area contributed by atoms with Crippen LogP contribution in [-0.4, -0.2) is 35.2 Å². The second kappa shape index (κ2) is 7.15. The molecule has 29 heavy (non-hydrogen) atoms. The lowest BCUT2D eigenvalue weighted by Crippen LogP contribution is -2.08. The summed E-state index contributed by atoms with van der Waals surface area (Å²) in [4.78, 5) is 24.2. The molecule has 1 amide bonds. The van der Waals surface area contributed by atoms with Gasteiger partial charge in [-0.15, -0.1) is 0 Å². The van der Waals surface area contributed by atoms with Crippen molar-refractivity contribution < 1.29 is 9.18 Å². The average molecular weight is 392 g/mol. The monoisotopic (exact) mass is 392 g/mol. The number of hydrogen-bond donors (Lipinski definition) is 2. The Bertz CT molecular complexity index is 1240. The molecule has 0 aromatic carbocycles. The number of nitrogens with zero attached hydrogens (tertiary/aromatic N) is 6. The van der Waals surface area contributed by atoms with Crippen LogP contribution < -0.4 is 10.6 Å². The number of hydrogen-bond acceptors (Lipinski definition) is 6. The van der Waals surface area contributed by atoms with E-state index in [-0.39, 0.29) is 17.7 Å². The van der Waals surface area contributed by atoms with Gasteiger partial charge in [-0.3, -0.25) is 14.0 Å². The van der Waals surface area contributed by atoms with Crippen LogP contribution in [0.3, 0.4) is 0 Å². The Morgan fingerprint density at radius 3 is 2.86 bits per heavy atom. The molecule has 0 saturated carbocycles. The number of amides is 1. The van der Waals surface area contributed by atoms with Crippen LogP contribution in [0.5, 0.6) is 0 Å². The number of aromatic nitrogens is 6. The van der Waals surface area contributed by atoms with Crippen molar-refractivity contribution in [3.05, 3.63) is 61.0 Å². The number of carbonyl (C=O) groups is 1. The first-order chi connectivity index (χ1) is 14.0. The summed E-state index contributed by atoms with van der Waals surface area (Å²) in [6, 6.07) is 3.52. The van der Waals surface area contributed by atoms with Gasteiger partial charge in [0.05, 0.1) is 24.3 Å². The van der Waals surface area contributed by atoms with Gasteiger partial charge in [0.1, 0.15) is 11.5 Å². The van der Waals surface area contributed by atoms with Gasteiger partial charge in [-0.1, -0.05) is 6.58 Å². The molecule has 9 nitrogen and oxygen atoms in total. The van der Waals surface area contributed by atoms with Gasteiger partial charge in [-0.25, -0.2) is 14.4 Å². The number of halogens is 1. The van der Waals surface area contributed by atoms with Gasteiger partial charge < -0.3 is 10.6 Å². The van der Waals surface area contributed by atoms with Gasteiger partial charge in [0, 0.05) is 24.7 Å². The first-order valence-electron chi connectivity index (χ1n) is 8.65. The second-order valence-corrected chi connectivity index (χ2v) is 6.30. The second-order valence-electron chi connectivity index (χ2n) is 6.30. The van der Waals surface area contributed by atoms with Gasteiger partial charge in [-0.05, 0) is 24.6 Å². The fourth-order valence-electron chi connectivity index (χ4n) is 2.89. The fraction of sp³-hybridized carbons (Fsp3) is 0.105. The van der Waals surface area contributed by atoms with E-state index in [1.165, 1.54) is 12.3 Å². The summed E-state index contributed by atoms with van der Waals surface area (Å²) in [6.07, 6.45) is 7.13. The zero-order chi connectivity index (χ0) is 20.5. The maximum absolute atomic E-state index is 14.6. The molecule has 0 unspecified atom stereocenters. The summed E-state index contributed by atoms with van der Waals surface area (Å²) in [6.45, 7) is 5.30. The van der Waals surface area contributed by atoms with Crippen LogP contribution in [0, 0.1) is 12.7 Å². The van der Waals surface area contributed by atoms with Crippen molar-refractivity contribution in [3.8, 4) is 5.82 Å². The summed E-state index contributed by atoms with van der Waals surface area (Å²) in [5.74, 6) is 0.00796. The van der Waals surface area contributed by atoms with E-state index >= 15 is 0 Å². The maximum atomic E-state index is 14.6. The number of carbonyl (C=O) groups excluding carboxylic acids is 1. The third-order valence-electron chi connectivity index (χ3n) is 4.31. The van der Waals surface area contributed by atoms with Crippen molar-refractivity contribution in [1.82, 2.24) is 29.3 Å². The number of fused-ring (bicyclic) bond motifs is 1. The fourth-order valence-corrected chi connectivity index (χ4v) is 2.89. The van der Waals surface area contributed by atoms with Gasteiger partial charge in [0.25, 0.3) is 0 Å². The molecule has 2 N–H and O–H groups in total. The van der Waals surface area contributed by atoms with Gasteiger partial charge in [-0.2, -0.15) is 10.1 Å². The Labute approximate surface area is 164 Å². The molecule has 0 spiro atoms. The predicted octanol–water partition coefficient (Wildman–Crippen LogP) is 2.86. The van der Waals surface area contributed by atoms with E-state index in [9.17, 15) is 9.18 Å². The van der Waals surface area contributed by atoms with E-state index in [1.807, 2.05) is 6.92 Å². The Kier molecular flexibility index (Phi) is 4.51. The lowest BCUT2D eigenvalue weighted by Gasteiger charge is -2.09. The van der Waals surface area contributed by atoms with Crippen LogP contribution in [0.4, 0.5) is 21.8 Å². The molecule has 0 aliphatic heterocycles. The van der Waals surface area contributed by atoms with Crippen LogP contribution in [-0.2, 0) is 11.8 Å². The van der Waals surface area contributed by atoms with E-state index in [2.05, 4.69) is 37.3 Å². The van der Waals surface area contributed by atoms with Gasteiger partial charge >= 0.3 is 0 Å². The molecule has 0 saturated heterocycles. The van der Waals surface area contributed by atoms with E-state index in [0.29, 0.717) is 17.2 Å². The molecular weight excluding hydrogens is 375 g/mol. The van der Waals surface area contributed by atoms with Crippen molar-refractivity contribution in [2.45, 2.75) is 6.92 Å². The number of pyridine rings is 1.